The fourth-order valence-electron chi connectivity index (χ4n) is 2.13. The first-order chi connectivity index (χ1) is 8.43. The number of carboxylic acids is 1. The summed E-state index contributed by atoms with van der Waals surface area (Å²) in [5.41, 5.74) is 0.966. The minimum atomic E-state index is -3.59. The van der Waals surface area contributed by atoms with Crippen LogP contribution in [0.4, 0.5) is 0 Å². The lowest BCUT2D eigenvalue weighted by Gasteiger charge is -2.15. The van der Waals surface area contributed by atoms with Crippen LogP contribution < -0.4 is 5.32 Å². The topological polar surface area (TPSA) is 83.5 Å². The molecule has 2 atom stereocenters. The van der Waals surface area contributed by atoms with Crippen molar-refractivity contribution in [3.63, 3.8) is 0 Å². The number of nitrogens with one attached hydrogen (secondary N) is 1. The van der Waals surface area contributed by atoms with Crippen molar-refractivity contribution in [3.05, 3.63) is 29.8 Å². The highest BCUT2D eigenvalue weighted by molar-refractivity contribution is 7.92. The molecule has 2 N–H and O–H groups in total. The zero-order chi connectivity index (χ0) is 13.3. The lowest BCUT2D eigenvalue weighted by atomic mass is 10.1. The number of sulfone groups is 1. The van der Waals surface area contributed by atoms with E-state index < -0.39 is 27.0 Å². The molecule has 98 valence electrons. The Kier molecular flexibility index (Phi) is 3.41. The van der Waals surface area contributed by atoms with Gasteiger partial charge in [-0.05, 0) is 19.1 Å². The molecule has 0 saturated carbocycles. The average molecular weight is 269 g/mol. The van der Waals surface area contributed by atoms with Crippen LogP contribution in [-0.2, 0) is 14.6 Å². The SMILES string of the molecule is Cc1ccc(S(=O)(=O)[C@@H]2CNC[C@H]2C(=O)O)cc1. The van der Waals surface area contributed by atoms with Gasteiger partial charge in [0.1, 0.15) is 0 Å². The van der Waals surface area contributed by atoms with Crippen LogP contribution in [0.1, 0.15) is 5.56 Å². The molecular weight excluding hydrogens is 254 g/mol. The minimum Gasteiger partial charge on any atom is -0.481 e. The van der Waals surface area contributed by atoms with Crippen LogP contribution in [-0.4, -0.2) is 37.8 Å². The second-order valence-corrected chi connectivity index (χ2v) is 6.67. The van der Waals surface area contributed by atoms with E-state index in [2.05, 4.69) is 5.32 Å². The van der Waals surface area contributed by atoms with Crippen LogP contribution in [0.5, 0.6) is 0 Å². The number of benzene rings is 1. The van der Waals surface area contributed by atoms with Gasteiger partial charge in [0, 0.05) is 13.1 Å². The first-order valence-electron chi connectivity index (χ1n) is 5.67. The summed E-state index contributed by atoms with van der Waals surface area (Å²) in [6, 6.07) is 6.49. The van der Waals surface area contributed by atoms with Gasteiger partial charge in [-0.3, -0.25) is 4.79 Å². The van der Waals surface area contributed by atoms with Crippen molar-refractivity contribution in [2.75, 3.05) is 13.1 Å². The van der Waals surface area contributed by atoms with Gasteiger partial charge < -0.3 is 10.4 Å². The summed E-state index contributed by atoms with van der Waals surface area (Å²) in [5.74, 6) is -1.95. The second kappa shape index (κ2) is 4.70. The Morgan fingerprint density at radius 1 is 1.28 bits per heavy atom. The number of aliphatic carboxylic acids is 1. The molecule has 0 aliphatic carbocycles. The molecular formula is C12H15NO4S. The smallest absolute Gasteiger partial charge is 0.309 e. The third-order valence-electron chi connectivity index (χ3n) is 3.22. The number of carbonyl (C=O) groups is 1. The van der Waals surface area contributed by atoms with Gasteiger partial charge >= 0.3 is 5.97 Å². The zero-order valence-corrected chi connectivity index (χ0v) is 10.8. The van der Waals surface area contributed by atoms with E-state index in [-0.39, 0.29) is 18.0 Å². The zero-order valence-electron chi connectivity index (χ0n) is 9.96. The number of aryl methyl sites for hydroxylation is 1. The van der Waals surface area contributed by atoms with Crippen molar-refractivity contribution in [2.24, 2.45) is 5.92 Å². The van der Waals surface area contributed by atoms with Crippen LogP contribution in [0.25, 0.3) is 0 Å². The van der Waals surface area contributed by atoms with Gasteiger partial charge in [-0.25, -0.2) is 8.42 Å². The van der Waals surface area contributed by atoms with Crippen molar-refractivity contribution in [1.29, 1.82) is 0 Å². The predicted molar refractivity (Wildman–Crippen MR) is 66.1 cm³/mol. The maximum absolute atomic E-state index is 12.4. The Bertz CT molecular complexity index is 550. The van der Waals surface area contributed by atoms with Crippen molar-refractivity contribution < 1.29 is 18.3 Å². The van der Waals surface area contributed by atoms with E-state index in [1.54, 1.807) is 12.1 Å². The molecule has 1 aliphatic rings. The lowest BCUT2D eigenvalue weighted by molar-refractivity contribution is -0.140. The van der Waals surface area contributed by atoms with Crippen molar-refractivity contribution in [2.45, 2.75) is 17.1 Å². The third kappa shape index (κ3) is 2.26. The van der Waals surface area contributed by atoms with Crippen LogP contribution >= 0.6 is 0 Å². The van der Waals surface area contributed by atoms with Crippen molar-refractivity contribution >= 4 is 15.8 Å². The highest BCUT2D eigenvalue weighted by Gasteiger charge is 2.42. The summed E-state index contributed by atoms with van der Waals surface area (Å²) < 4.78 is 24.7. The molecule has 1 aromatic rings. The predicted octanol–water partition coefficient (Wildman–Crippen LogP) is 0.441. The van der Waals surface area contributed by atoms with Crippen molar-refractivity contribution in [3.8, 4) is 0 Å². The van der Waals surface area contributed by atoms with E-state index in [4.69, 9.17) is 5.11 Å². The van der Waals surface area contributed by atoms with Gasteiger partial charge in [0.05, 0.1) is 16.1 Å². The van der Waals surface area contributed by atoms with E-state index >= 15 is 0 Å². The minimum absolute atomic E-state index is 0.188. The standard InChI is InChI=1S/C12H15NO4S/c1-8-2-4-9(5-3-8)18(16,17)11-7-13-6-10(11)12(14)15/h2-5,10-11,13H,6-7H2,1H3,(H,14,15)/t10-,11-/m1/s1. The maximum Gasteiger partial charge on any atom is 0.309 e. The number of carboxylic acid groups (broad SMARTS) is 1. The van der Waals surface area contributed by atoms with E-state index in [0.717, 1.165) is 5.56 Å². The molecule has 2 rings (SSSR count). The summed E-state index contributed by atoms with van der Waals surface area (Å²) >= 11 is 0. The molecule has 0 amide bonds. The molecule has 0 aromatic heterocycles. The molecule has 0 bridgehead atoms. The Labute approximate surface area is 106 Å². The van der Waals surface area contributed by atoms with Gasteiger partial charge in [-0.15, -0.1) is 0 Å². The van der Waals surface area contributed by atoms with E-state index in [1.807, 2.05) is 6.92 Å². The molecule has 18 heavy (non-hydrogen) atoms. The number of hydrogen-bond donors (Lipinski definition) is 2. The summed E-state index contributed by atoms with van der Waals surface area (Å²) in [4.78, 5) is 11.2. The lowest BCUT2D eigenvalue weighted by Crippen LogP contribution is -2.33. The largest absolute Gasteiger partial charge is 0.481 e. The van der Waals surface area contributed by atoms with E-state index in [1.165, 1.54) is 12.1 Å². The summed E-state index contributed by atoms with van der Waals surface area (Å²) in [5, 5.41) is 11.0. The first kappa shape index (κ1) is 13.0. The molecule has 5 nitrogen and oxygen atoms in total. The molecule has 1 fully saturated rings. The van der Waals surface area contributed by atoms with Crippen LogP contribution in [0.2, 0.25) is 0 Å². The molecule has 1 aliphatic heterocycles. The van der Waals surface area contributed by atoms with Crippen LogP contribution in [0.15, 0.2) is 29.2 Å². The van der Waals surface area contributed by atoms with Crippen LogP contribution in [0.3, 0.4) is 0 Å². The quantitative estimate of drug-likeness (QED) is 0.832. The number of hydrogen-bond acceptors (Lipinski definition) is 4. The van der Waals surface area contributed by atoms with Gasteiger partial charge in [0.15, 0.2) is 9.84 Å². The van der Waals surface area contributed by atoms with Gasteiger partial charge in [-0.2, -0.15) is 0 Å². The second-order valence-electron chi connectivity index (χ2n) is 4.50. The Balaban J connectivity index is 2.36. The van der Waals surface area contributed by atoms with Gasteiger partial charge in [0.25, 0.3) is 0 Å². The molecule has 0 spiro atoms. The average Bonchev–Trinajstić information content (AvgIpc) is 2.79. The fourth-order valence-corrected chi connectivity index (χ4v) is 3.98. The van der Waals surface area contributed by atoms with Crippen LogP contribution in [0, 0.1) is 12.8 Å². The Hall–Kier alpha value is -1.40. The van der Waals surface area contributed by atoms with Crippen molar-refractivity contribution in [1.82, 2.24) is 5.32 Å². The monoisotopic (exact) mass is 269 g/mol. The fraction of sp³-hybridized carbons (Fsp3) is 0.417. The van der Waals surface area contributed by atoms with Gasteiger partial charge in [0.2, 0.25) is 0 Å². The summed E-state index contributed by atoms with van der Waals surface area (Å²) in [7, 11) is -3.59. The summed E-state index contributed by atoms with van der Waals surface area (Å²) in [6.45, 7) is 2.26. The normalized spacial score (nSPS) is 24.1. The maximum atomic E-state index is 12.4. The molecule has 1 aromatic carbocycles. The first-order valence-corrected chi connectivity index (χ1v) is 7.21. The molecule has 1 heterocycles. The molecule has 0 unspecified atom stereocenters. The summed E-state index contributed by atoms with van der Waals surface area (Å²) in [6.07, 6.45) is 0. The van der Waals surface area contributed by atoms with Gasteiger partial charge in [-0.1, -0.05) is 17.7 Å². The van der Waals surface area contributed by atoms with E-state index in [0.29, 0.717) is 0 Å². The Morgan fingerprint density at radius 3 is 2.44 bits per heavy atom. The Morgan fingerprint density at radius 2 is 1.89 bits per heavy atom. The third-order valence-corrected chi connectivity index (χ3v) is 5.45. The molecule has 6 heteroatoms. The highest BCUT2D eigenvalue weighted by Crippen LogP contribution is 2.24. The number of rotatable bonds is 3. The molecule has 1 saturated heterocycles. The molecule has 0 radical (unpaired) electrons. The highest BCUT2D eigenvalue weighted by atomic mass is 32.2. The van der Waals surface area contributed by atoms with E-state index in [9.17, 15) is 13.2 Å².